The van der Waals surface area contributed by atoms with E-state index in [2.05, 4.69) is 29.4 Å². The Hall–Kier alpha value is -0.750. The van der Waals surface area contributed by atoms with Crippen molar-refractivity contribution in [1.82, 2.24) is 20.1 Å². The maximum atomic E-state index is 11.6. The van der Waals surface area contributed by atoms with Crippen LogP contribution in [0.1, 0.15) is 52.0 Å². The van der Waals surface area contributed by atoms with E-state index in [1.807, 2.05) is 4.57 Å². The van der Waals surface area contributed by atoms with Gasteiger partial charge in [-0.2, -0.15) is 0 Å². The summed E-state index contributed by atoms with van der Waals surface area (Å²) in [4.78, 5) is 11.6. The molecule has 2 N–H and O–H groups in total. The van der Waals surface area contributed by atoms with E-state index >= 15 is 0 Å². The summed E-state index contributed by atoms with van der Waals surface area (Å²) in [5, 5.41) is 11.0. The predicted octanol–water partition coefficient (Wildman–Crippen LogP) is 2.17. The molecule has 5 nitrogen and oxygen atoms in total. The van der Waals surface area contributed by atoms with Gasteiger partial charge in [0, 0.05) is 17.8 Å². The molecule has 0 saturated heterocycles. The van der Waals surface area contributed by atoms with E-state index in [9.17, 15) is 4.79 Å². The van der Waals surface area contributed by atoms with Gasteiger partial charge in [-0.05, 0) is 38.6 Å². The van der Waals surface area contributed by atoms with Crippen LogP contribution >= 0.6 is 11.8 Å². The topological polar surface area (TPSA) is 62.7 Å². The minimum Gasteiger partial charge on any atom is -0.314 e. The molecule has 0 spiro atoms. The van der Waals surface area contributed by atoms with Gasteiger partial charge in [0.1, 0.15) is 0 Å². The lowest BCUT2D eigenvalue weighted by Gasteiger charge is -2.15. The standard InChI is InChI=1S/C13H24N4OS/c1-3-10(14-4-2)6-5-9-19-13-16-15-12(18)17(13)11-7-8-11/h10-11,14H,3-9H2,1-2H3,(H,15,18). The first-order valence-corrected chi connectivity index (χ1v) is 8.27. The van der Waals surface area contributed by atoms with Gasteiger partial charge in [0.25, 0.3) is 0 Å². The molecule has 19 heavy (non-hydrogen) atoms. The Morgan fingerprint density at radius 2 is 2.32 bits per heavy atom. The third kappa shape index (κ3) is 4.11. The number of H-pyrrole nitrogens is 1. The molecule has 0 amide bonds. The Labute approximate surface area is 118 Å². The summed E-state index contributed by atoms with van der Waals surface area (Å²) in [5.41, 5.74) is -0.0518. The van der Waals surface area contributed by atoms with Crippen LogP contribution in [0.25, 0.3) is 0 Å². The lowest BCUT2D eigenvalue weighted by molar-refractivity contribution is 0.477. The van der Waals surface area contributed by atoms with Crippen molar-refractivity contribution in [3.05, 3.63) is 10.5 Å². The highest BCUT2D eigenvalue weighted by atomic mass is 32.2. The Kier molecular flexibility index (Phi) is 5.51. The van der Waals surface area contributed by atoms with Crippen LogP contribution in [0.2, 0.25) is 0 Å². The van der Waals surface area contributed by atoms with Crippen molar-refractivity contribution >= 4 is 11.8 Å². The SMILES string of the molecule is CCNC(CC)CCCSc1n[nH]c(=O)n1C1CC1. The maximum absolute atomic E-state index is 11.6. The van der Waals surface area contributed by atoms with Gasteiger partial charge in [-0.15, -0.1) is 5.10 Å². The Morgan fingerprint density at radius 3 is 2.95 bits per heavy atom. The number of thioether (sulfide) groups is 1. The first kappa shape index (κ1) is 14.7. The van der Waals surface area contributed by atoms with E-state index in [1.165, 1.54) is 12.8 Å². The van der Waals surface area contributed by atoms with Crippen molar-refractivity contribution < 1.29 is 0 Å². The van der Waals surface area contributed by atoms with E-state index in [4.69, 9.17) is 0 Å². The number of aromatic nitrogens is 3. The number of hydrogen-bond acceptors (Lipinski definition) is 4. The average molecular weight is 284 g/mol. The number of aromatic amines is 1. The van der Waals surface area contributed by atoms with Crippen LogP contribution < -0.4 is 11.0 Å². The van der Waals surface area contributed by atoms with Gasteiger partial charge in [0.05, 0.1) is 0 Å². The lowest BCUT2D eigenvalue weighted by atomic mass is 10.1. The van der Waals surface area contributed by atoms with Crippen LogP contribution in [0.3, 0.4) is 0 Å². The minimum absolute atomic E-state index is 0.0518. The van der Waals surface area contributed by atoms with Crippen molar-refractivity contribution in [3.63, 3.8) is 0 Å². The fourth-order valence-corrected chi connectivity index (χ4v) is 3.25. The van der Waals surface area contributed by atoms with Crippen molar-refractivity contribution in [2.45, 2.75) is 63.2 Å². The average Bonchev–Trinajstić information content (AvgIpc) is 3.18. The first-order chi connectivity index (χ1) is 9.26. The molecular formula is C13H24N4OS. The molecule has 1 saturated carbocycles. The van der Waals surface area contributed by atoms with Gasteiger partial charge in [0.2, 0.25) is 0 Å². The van der Waals surface area contributed by atoms with Crippen LogP contribution in [0.15, 0.2) is 9.95 Å². The van der Waals surface area contributed by atoms with E-state index in [0.717, 1.165) is 36.7 Å². The van der Waals surface area contributed by atoms with Crippen LogP contribution in [0.5, 0.6) is 0 Å². The molecule has 1 aromatic rings. The monoisotopic (exact) mass is 284 g/mol. The summed E-state index contributed by atoms with van der Waals surface area (Å²) in [6.45, 7) is 5.40. The molecule has 0 bridgehead atoms. The Balaban J connectivity index is 1.75. The zero-order valence-corrected chi connectivity index (χ0v) is 12.6. The lowest BCUT2D eigenvalue weighted by Crippen LogP contribution is -2.28. The highest BCUT2D eigenvalue weighted by molar-refractivity contribution is 7.99. The third-order valence-corrected chi connectivity index (χ3v) is 4.54. The first-order valence-electron chi connectivity index (χ1n) is 7.29. The fourth-order valence-electron chi connectivity index (χ4n) is 2.28. The van der Waals surface area contributed by atoms with Gasteiger partial charge in [-0.1, -0.05) is 25.6 Å². The second-order valence-electron chi connectivity index (χ2n) is 5.07. The summed E-state index contributed by atoms with van der Waals surface area (Å²) in [5.74, 6) is 1.03. The van der Waals surface area contributed by atoms with E-state index in [-0.39, 0.29) is 5.69 Å². The van der Waals surface area contributed by atoms with Crippen LogP contribution in [-0.4, -0.2) is 33.1 Å². The fraction of sp³-hybridized carbons (Fsp3) is 0.846. The second kappa shape index (κ2) is 7.14. The summed E-state index contributed by atoms with van der Waals surface area (Å²) in [7, 11) is 0. The van der Waals surface area contributed by atoms with Crippen molar-refractivity contribution in [2.75, 3.05) is 12.3 Å². The predicted molar refractivity (Wildman–Crippen MR) is 78.8 cm³/mol. The largest absolute Gasteiger partial charge is 0.344 e. The van der Waals surface area contributed by atoms with Crippen LogP contribution in [0.4, 0.5) is 0 Å². The molecule has 2 rings (SSSR count). The molecule has 108 valence electrons. The molecule has 1 aliphatic rings. The molecule has 6 heteroatoms. The van der Waals surface area contributed by atoms with Crippen molar-refractivity contribution in [1.29, 1.82) is 0 Å². The highest BCUT2D eigenvalue weighted by Crippen LogP contribution is 2.36. The second-order valence-corrected chi connectivity index (χ2v) is 6.13. The molecule has 0 aliphatic heterocycles. The molecule has 1 unspecified atom stereocenters. The molecule has 1 aliphatic carbocycles. The molecule has 1 atom stereocenters. The highest BCUT2D eigenvalue weighted by Gasteiger charge is 2.28. The minimum atomic E-state index is -0.0518. The molecule has 1 aromatic heterocycles. The van der Waals surface area contributed by atoms with E-state index in [1.54, 1.807) is 11.8 Å². The van der Waals surface area contributed by atoms with Gasteiger partial charge >= 0.3 is 5.69 Å². The summed E-state index contributed by atoms with van der Waals surface area (Å²) >= 11 is 1.70. The van der Waals surface area contributed by atoms with Gasteiger partial charge in [-0.25, -0.2) is 9.89 Å². The Morgan fingerprint density at radius 1 is 1.53 bits per heavy atom. The van der Waals surface area contributed by atoms with E-state index in [0.29, 0.717) is 12.1 Å². The number of nitrogens with one attached hydrogen (secondary N) is 2. The molecule has 1 fully saturated rings. The number of hydrogen-bond donors (Lipinski definition) is 2. The zero-order valence-electron chi connectivity index (χ0n) is 11.8. The zero-order chi connectivity index (χ0) is 13.7. The smallest absolute Gasteiger partial charge is 0.314 e. The molecule has 1 heterocycles. The van der Waals surface area contributed by atoms with Gasteiger partial charge in [-0.3, -0.25) is 4.57 Å². The molecular weight excluding hydrogens is 260 g/mol. The summed E-state index contributed by atoms with van der Waals surface area (Å²) in [6, 6.07) is 1.02. The third-order valence-electron chi connectivity index (χ3n) is 3.50. The summed E-state index contributed by atoms with van der Waals surface area (Å²) in [6.07, 6.45) is 5.75. The molecule has 0 aromatic carbocycles. The normalized spacial score (nSPS) is 16.7. The van der Waals surface area contributed by atoms with Gasteiger partial charge in [0.15, 0.2) is 5.16 Å². The van der Waals surface area contributed by atoms with Crippen LogP contribution in [0, 0.1) is 0 Å². The van der Waals surface area contributed by atoms with Crippen LogP contribution in [-0.2, 0) is 0 Å². The number of rotatable bonds is 9. The number of nitrogens with zero attached hydrogens (tertiary/aromatic N) is 2. The summed E-state index contributed by atoms with van der Waals surface area (Å²) < 4.78 is 1.83. The van der Waals surface area contributed by atoms with Crippen molar-refractivity contribution in [2.24, 2.45) is 0 Å². The Bertz CT molecular complexity index is 438. The van der Waals surface area contributed by atoms with E-state index < -0.39 is 0 Å². The molecule has 0 radical (unpaired) electrons. The quantitative estimate of drug-likeness (QED) is 0.539. The maximum Gasteiger partial charge on any atom is 0.344 e. The van der Waals surface area contributed by atoms with Gasteiger partial charge < -0.3 is 5.32 Å². The van der Waals surface area contributed by atoms with Crippen molar-refractivity contribution in [3.8, 4) is 0 Å².